The molecule has 2 aliphatic heterocycles. The summed E-state index contributed by atoms with van der Waals surface area (Å²) < 4.78 is 10.6. The molecule has 0 aliphatic carbocycles. The average Bonchev–Trinajstić information content (AvgIpc) is 2.77. The summed E-state index contributed by atoms with van der Waals surface area (Å²) >= 11 is 0. The number of likely N-dealkylation sites (N-methyl/N-ethyl adjacent to an activating group) is 1. The van der Waals surface area contributed by atoms with Gasteiger partial charge in [0.2, 0.25) is 0 Å². The van der Waals surface area contributed by atoms with Crippen molar-refractivity contribution in [1.82, 2.24) is 15.1 Å². The number of ether oxygens (including phenoxy) is 2. The Morgan fingerprint density at radius 3 is 2.62 bits per heavy atom. The maximum atomic E-state index is 13.1. The number of amides is 2. The number of carbonyl (C=O) groups excluding carboxylic acids is 3. The van der Waals surface area contributed by atoms with Crippen molar-refractivity contribution in [2.45, 2.75) is 39.7 Å². The highest BCUT2D eigenvalue weighted by molar-refractivity contribution is 5.95. The Morgan fingerprint density at radius 1 is 1.19 bits per heavy atom. The molecule has 0 spiro atoms. The van der Waals surface area contributed by atoms with Crippen LogP contribution in [-0.2, 0) is 19.1 Å². The first-order valence-corrected chi connectivity index (χ1v) is 11.3. The highest BCUT2D eigenvalue weighted by Gasteiger charge is 2.38. The number of likely N-dealkylation sites (tertiary alicyclic amines) is 1. The van der Waals surface area contributed by atoms with Gasteiger partial charge >= 0.3 is 18.0 Å². The van der Waals surface area contributed by atoms with Gasteiger partial charge in [0.05, 0.1) is 30.7 Å². The molecule has 1 aromatic rings. The molecule has 0 aromatic heterocycles. The Labute approximate surface area is 189 Å². The van der Waals surface area contributed by atoms with Crippen molar-refractivity contribution in [3.8, 4) is 0 Å². The summed E-state index contributed by atoms with van der Waals surface area (Å²) in [5.41, 5.74) is 2.89. The zero-order valence-electron chi connectivity index (χ0n) is 19.3. The Bertz CT molecular complexity index is 897. The third-order valence-electron chi connectivity index (χ3n) is 5.95. The standard InChI is InChI=1S/C24H33N3O5/c1-5-31-22(28)18-11-8-12-27(14-18)15-19-20(23(29)32-6-2)21(25-24(30)26(19)4)17-10-7-9-16(3)13-17/h7,9-10,13,18,21H,5-6,8,11-12,14-15H2,1-4H3,(H,25,30)/t18-,21+/m1/s1. The van der Waals surface area contributed by atoms with Gasteiger partial charge in [-0.25, -0.2) is 9.59 Å². The van der Waals surface area contributed by atoms with Gasteiger partial charge in [-0.3, -0.25) is 14.6 Å². The monoisotopic (exact) mass is 443 g/mol. The molecule has 32 heavy (non-hydrogen) atoms. The molecule has 1 N–H and O–H groups in total. The van der Waals surface area contributed by atoms with Crippen molar-refractivity contribution in [1.29, 1.82) is 0 Å². The van der Waals surface area contributed by atoms with Gasteiger partial charge < -0.3 is 14.8 Å². The molecule has 0 unspecified atom stereocenters. The largest absolute Gasteiger partial charge is 0.466 e. The van der Waals surface area contributed by atoms with Crippen molar-refractivity contribution in [2.24, 2.45) is 5.92 Å². The number of esters is 2. The lowest BCUT2D eigenvalue weighted by Gasteiger charge is -2.38. The summed E-state index contributed by atoms with van der Waals surface area (Å²) in [5.74, 6) is -0.838. The number of rotatable bonds is 7. The van der Waals surface area contributed by atoms with Gasteiger partial charge in [-0.1, -0.05) is 29.8 Å². The van der Waals surface area contributed by atoms with E-state index in [0.717, 1.165) is 30.5 Å². The second kappa shape index (κ2) is 10.6. The number of benzene rings is 1. The van der Waals surface area contributed by atoms with E-state index in [2.05, 4.69) is 10.2 Å². The molecule has 0 bridgehead atoms. The Morgan fingerprint density at radius 2 is 1.94 bits per heavy atom. The number of piperidine rings is 1. The van der Waals surface area contributed by atoms with Gasteiger partial charge in [-0.15, -0.1) is 0 Å². The van der Waals surface area contributed by atoms with Crippen LogP contribution in [0.4, 0.5) is 4.79 Å². The van der Waals surface area contributed by atoms with Crippen LogP contribution in [0.1, 0.15) is 43.9 Å². The number of nitrogens with one attached hydrogen (secondary N) is 1. The topological polar surface area (TPSA) is 88.2 Å². The van der Waals surface area contributed by atoms with Crippen LogP contribution in [-0.4, -0.2) is 67.7 Å². The summed E-state index contributed by atoms with van der Waals surface area (Å²) in [5, 5.41) is 2.95. The van der Waals surface area contributed by atoms with E-state index < -0.39 is 12.0 Å². The Hall–Kier alpha value is -2.87. The normalized spacial score (nSPS) is 21.9. The molecule has 0 saturated carbocycles. The smallest absolute Gasteiger partial charge is 0.338 e. The minimum absolute atomic E-state index is 0.191. The lowest BCUT2D eigenvalue weighted by molar-refractivity contribution is -0.150. The summed E-state index contributed by atoms with van der Waals surface area (Å²) in [6.07, 6.45) is 1.63. The molecular weight excluding hydrogens is 410 g/mol. The van der Waals surface area contributed by atoms with E-state index in [-0.39, 0.29) is 24.5 Å². The molecule has 174 valence electrons. The molecule has 8 nitrogen and oxygen atoms in total. The highest BCUT2D eigenvalue weighted by atomic mass is 16.5. The first-order chi connectivity index (χ1) is 15.3. The van der Waals surface area contributed by atoms with Crippen LogP contribution < -0.4 is 5.32 Å². The lowest BCUT2D eigenvalue weighted by Crippen LogP contribution is -2.50. The molecule has 2 atom stereocenters. The summed E-state index contributed by atoms with van der Waals surface area (Å²) in [4.78, 5) is 41.8. The van der Waals surface area contributed by atoms with Crippen LogP contribution in [0.25, 0.3) is 0 Å². The molecule has 1 saturated heterocycles. The summed E-state index contributed by atoms with van der Waals surface area (Å²) in [7, 11) is 1.66. The first kappa shape index (κ1) is 23.8. The van der Waals surface area contributed by atoms with Gasteiger partial charge in [-0.2, -0.15) is 0 Å². The molecular formula is C24H33N3O5. The minimum atomic E-state index is -0.599. The summed E-state index contributed by atoms with van der Waals surface area (Å²) in [6, 6.07) is 6.87. The van der Waals surface area contributed by atoms with Crippen LogP contribution in [0.2, 0.25) is 0 Å². The second-order valence-electron chi connectivity index (χ2n) is 8.26. The zero-order chi connectivity index (χ0) is 23.3. The quantitative estimate of drug-likeness (QED) is 0.652. The van der Waals surface area contributed by atoms with Gasteiger partial charge in [0.1, 0.15) is 0 Å². The van der Waals surface area contributed by atoms with E-state index in [1.54, 1.807) is 20.9 Å². The number of urea groups is 1. The van der Waals surface area contributed by atoms with Crippen molar-refractivity contribution in [3.05, 3.63) is 46.7 Å². The van der Waals surface area contributed by atoms with E-state index in [1.165, 1.54) is 4.90 Å². The molecule has 2 amide bonds. The fourth-order valence-electron chi connectivity index (χ4n) is 4.36. The van der Waals surface area contributed by atoms with Crippen molar-refractivity contribution < 1.29 is 23.9 Å². The fraction of sp³-hybridized carbons (Fsp3) is 0.542. The van der Waals surface area contributed by atoms with Crippen molar-refractivity contribution >= 4 is 18.0 Å². The first-order valence-electron chi connectivity index (χ1n) is 11.3. The molecule has 8 heteroatoms. The number of hydrogen-bond donors (Lipinski definition) is 1. The van der Waals surface area contributed by atoms with E-state index in [9.17, 15) is 14.4 Å². The number of carbonyl (C=O) groups is 3. The zero-order valence-corrected chi connectivity index (χ0v) is 19.3. The van der Waals surface area contributed by atoms with E-state index in [0.29, 0.717) is 31.0 Å². The SMILES string of the molecule is CCOC(=O)C1=C(CN2CCC[C@@H](C(=O)OCC)C2)N(C)C(=O)N[C@H]1c1cccc(C)c1. The molecule has 1 fully saturated rings. The van der Waals surface area contributed by atoms with E-state index in [1.807, 2.05) is 31.2 Å². The van der Waals surface area contributed by atoms with E-state index >= 15 is 0 Å². The number of nitrogens with zero attached hydrogens (tertiary/aromatic N) is 2. The average molecular weight is 444 g/mol. The van der Waals surface area contributed by atoms with Crippen LogP contribution in [0, 0.1) is 12.8 Å². The molecule has 2 heterocycles. The third-order valence-corrected chi connectivity index (χ3v) is 5.95. The van der Waals surface area contributed by atoms with Crippen LogP contribution in [0.3, 0.4) is 0 Å². The van der Waals surface area contributed by atoms with Crippen LogP contribution >= 0.6 is 0 Å². The molecule has 1 aromatic carbocycles. The summed E-state index contributed by atoms with van der Waals surface area (Å²) in [6.45, 7) is 7.81. The predicted octanol–water partition coefficient (Wildman–Crippen LogP) is 2.78. The molecule has 3 rings (SSSR count). The maximum absolute atomic E-state index is 13.1. The Balaban J connectivity index is 1.97. The second-order valence-corrected chi connectivity index (χ2v) is 8.26. The van der Waals surface area contributed by atoms with Crippen LogP contribution in [0.15, 0.2) is 35.5 Å². The number of aryl methyl sites for hydroxylation is 1. The number of hydrogen-bond acceptors (Lipinski definition) is 6. The third kappa shape index (κ3) is 5.30. The predicted molar refractivity (Wildman–Crippen MR) is 120 cm³/mol. The minimum Gasteiger partial charge on any atom is -0.466 e. The van der Waals surface area contributed by atoms with Crippen molar-refractivity contribution in [2.75, 3.05) is 39.9 Å². The Kier molecular flexibility index (Phi) is 7.90. The van der Waals surface area contributed by atoms with Gasteiger partial charge in [0.15, 0.2) is 0 Å². The van der Waals surface area contributed by atoms with Gasteiger partial charge in [0, 0.05) is 25.8 Å². The lowest BCUT2D eigenvalue weighted by atomic mass is 9.92. The van der Waals surface area contributed by atoms with Gasteiger partial charge in [0.25, 0.3) is 0 Å². The molecule has 0 radical (unpaired) electrons. The maximum Gasteiger partial charge on any atom is 0.338 e. The van der Waals surface area contributed by atoms with Crippen LogP contribution in [0.5, 0.6) is 0 Å². The molecule has 2 aliphatic rings. The highest BCUT2D eigenvalue weighted by Crippen LogP contribution is 2.32. The van der Waals surface area contributed by atoms with E-state index in [4.69, 9.17) is 9.47 Å². The fourth-order valence-corrected chi connectivity index (χ4v) is 4.36. The van der Waals surface area contributed by atoms with Crippen molar-refractivity contribution in [3.63, 3.8) is 0 Å². The van der Waals surface area contributed by atoms with Gasteiger partial charge in [-0.05, 0) is 45.7 Å².